The lowest BCUT2D eigenvalue weighted by atomic mass is 9.78. The monoisotopic (exact) mass is 370 g/mol. The first-order valence-corrected chi connectivity index (χ1v) is 10.0. The Morgan fingerprint density at radius 3 is 3.15 bits per heavy atom. The fourth-order valence-corrected chi connectivity index (χ4v) is 4.82. The van der Waals surface area contributed by atoms with Crippen molar-refractivity contribution in [1.29, 1.82) is 0 Å². The van der Waals surface area contributed by atoms with E-state index in [0.717, 1.165) is 25.2 Å². The molecule has 0 bridgehead atoms. The first-order valence-electron chi connectivity index (χ1n) is 9.63. The number of rotatable bonds is 6. The van der Waals surface area contributed by atoms with Gasteiger partial charge in [0.25, 0.3) is 0 Å². The Hall–Kier alpha value is -1.95. The topological polar surface area (TPSA) is 62.7 Å². The second kappa shape index (κ2) is 6.99. The summed E-state index contributed by atoms with van der Waals surface area (Å²) in [5, 5.41) is 10.2. The zero-order chi connectivity index (χ0) is 18.1. The normalized spacial score (nSPS) is 23.7. The molecule has 26 heavy (non-hydrogen) atoms. The maximum Gasteiger partial charge on any atom is 0.240 e. The van der Waals surface area contributed by atoms with Crippen molar-refractivity contribution in [3.8, 4) is 0 Å². The van der Waals surface area contributed by atoms with Crippen LogP contribution in [0.4, 0.5) is 0 Å². The number of benzene rings is 1. The van der Waals surface area contributed by atoms with Crippen LogP contribution in [0.15, 0.2) is 24.3 Å². The van der Waals surface area contributed by atoms with Crippen molar-refractivity contribution >= 4 is 18.1 Å². The zero-order valence-electron chi connectivity index (χ0n) is 15.3. The van der Waals surface area contributed by atoms with Crippen molar-refractivity contribution in [2.75, 3.05) is 6.54 Å². The minimum absolute atomic E-state index is 0.0194. The number of aromatic amines is 1. The Kier molecular flexibility index (Phi) is 4.69. The maximum absolute atomic E-state index is 12.4. The van der Waals surface area contributed by atoms with Gasteiger partial charge in [-0.1, -0.05) is 31.2 Å². The predicted octanol–water partition coefficient (Wildman–Crippen LogP) is 3.30. The van der Waals surface area contributed by atoms with E-state index in [1.165, 1.54) is 36.8 Å². The van der Waals surface area contributed by atoms with Gasteiger partial charge in [0.15, 0.2) is 4.77 Å². The summed E-state index contributed by atoms with van der Waals surface area (Å²) >= 11 is 5.26. The Bertz CT molecular complexity index is 871. The average molecular weight is 371 g/mol. The molecule has 2 atom stereocenters. The molecule has 1 aromatic heterocycles. The van der Waals surface area contributed by atoms with E-state index in [0.29, 0.717) is 16.1 Å². The van der Waals surface area contributed by atoms with Crippen molar-refractivity contribution in [1.82, 2.24) is 20.1 Å². The highest BCUT2D eigenvalue weighted by Crippen LogP contribution is 2.59. The van der Waals surface area contributed by atoms with Gasteiger partial charge in [-0.15, -0.1) is 0 Å². The van der Waals surface area contributed by atoms with Gasteiger partial charge in [-0.05, 0) is 61.4 Å². The second-order valence-corrected chi connectivity index (χ2v) is 8.04. The molecule has 1 saturated carbocycles. The van der Waals surface area contributed by atoms with Crippen molar-refractivity contribution in [3.63, 3.8) is 0 Å². The number of carbonyl (C=O) groups is 1. The molecule has 1 aromatic carbocycles. The minimum atomic E-state index is 0.0194. The van der Waals surface area contributed by atoms with Crippen molar-refractivity contribution in [3.05, 3.63) is 46.0 Å². The number of hydrogen-bond acceptors (Lipinski definition) is 3. The van der Waals surface area contributed by atoms with Gasteiger partial charge >= 0.3 is 0 Å². The van der Waals surface area contributed by atoms with E-state index >= 15 is 0 Å². The zero-order valence-corrected chi connectivity index (χ0v) is 16.1. The fourth-order valence-electron chi connectivity index (χ4n) is 4.60. The summed E-state index contributed by atoms with van der Waals surface area (Å²) in [5.41, 5.74) is 3.33. The molecule has 0 unspecified atom stereocenters. The highest BCUT2D eigenvalue weighted by molar-refractivity contribution is 7.71. The van der Waals surface area contributed by atoms with Gasteiger partial charge in [0, 0.05) is 18.4 Å². The van der Waals surface area contributed by atoms with Crippen LogP contribution in [-0.4, -0.2) is 27.2 Å². The molecule has 1 fully saturated rings. The molecule has 2 N–H and O–H groups in total. The Labute approximate surface area is 159 Å². The molecule has 6 heteroatoms. The first kappa shape index (κ1) is 17.5. The van der Waals surface area contributed by atoms with Gasteiger partial charge in [-0.25, -0.2) is 0 Å². The Morgan fingerprint density at radius 2 is 2.31 bits per heavy atom. The lowest BCUT2D eigenvalue weighted by Crippen LogP contribution is -2.32. The molecule has 2 aliphatic carbocycles. The van der Waals surface area contributed by atoms with Crippen LogP contribution >= 0.6 is 12.2 Å². The number of aromatic nitrogens is 3. The summed E-state index contributed by atoms with van der Waals surface area (Å²) in [4.78, 5) is 12.4. The third-order valence-corrected chi connectivity index (χ3v) is 6.32. The Balaban J connectivity index is 1.37. The van der Waals surface area contributed by atoms with Gasteiger partial charge in [0.05, 0.1) is 0 Å². The van der Waals surface area contributed by atoms with Crippen molar-refractivity contribution in [2.45, 2.75) is 57.4 Å². The molecule has 138 valence electrons. The van der Waals surface area contributed by atoms with E-state index in [4.69, 9.17) is 12.2 Å². The largest absolute Gasteiger partial charge is 0.354 e. The van der Waals surface area contributed by atoms with E-state index in [1.807, 2.05) is 4.57 Å². The molecule has 0 aliphatic heterocycles. The summed E-state index contributed by atoms with van der Waals surface area (Å²) < 4.78 is 2.33. The maximum atomic E-state index is 12.4. The van der Waals surface area contributed by atoms with E-state index in [9.17, 15) is 4.79 Å². The number of amides is 1. The predicted molar refractivity (Wildman–Crippen MR) is 104 cm³/mol. The minimum Gasteiger partial charge on any atom is -0.354 e. The summed E-state index contributed by atoms with van der Waals surface area (Å²) in [6.45, 7) is 3.10. The lowest BCUT2D eigenvalue weighted by molar-refractivity contribution is -0.121. The van der Waals surface area contributed by atoms with Crippen LogP contribution in [0.2, 0.25) is 0 Å². The quantitative estimate of drug-likeness (QED) is 0.767. The van der Waals surface area contributed by atoms with Gasteiger partial charge in [0.1, 0.15) is 12.4 Å². The van der Waals surface area contributed by atoms with Gasteiger partial charge in [0.2, 0.25) is 5.91 Å². The van der Waals surface area contributed by atoms with Crippen LogP contribution in [0.3, 0.4) is 0 Å². The smallest absolute Gasteiger partial charge is 0.240 e. The van der Waals surface area contributed by atoms with Crippen LogP contribution in [0, 0.1) is 10.7 Å². The molecule has 2 aliphatic rings. The molecule has 2 aromatic rings. The van der Waals surface area contributed by atoms with Gasteiger partial charge in [-0.2, -0.15) is 5.10 Å². The molecular formula is C20H26N4OS. The summed E-state index contributed by atoms with van der Waals surface area (Å²) in [7, 11) is 0. The van der Waals surface area contributed by atoms with Crippen LogP contribution in [0.1, 0.15) is 49.6 Å². The number of nitrogens with one attached hydrogen (secondary N) is 2. The third kappa shape index (κ3) is 3.11. The number of carbonyl (C=O) groups excluding carboxylic acids is 1. The molecular weight excluding hydrogens is 344 g/mol. The molecule has 4 rings (SSSR count). The van der Waals surface area contributed by atoms with Crippen LogP contribution in [-0.2, 0) is 29.6 Å². The van der Waals surface area contributed by atoms with E-state index in [2.05, 4.69) is 46.7 Å². The van der Waals surface area contributed by atoms with Crippen LogP contribution < -0.4 is 5.32 Å². The lowest BCUT2D eigenvalue weighted by Gasteiger charge is -2.26. The molecule has 1 amide bonds. The summed E-state index contributed by atoms with van der Waals surface area (Å²) in [5.74, 6) is 1.43. The average Bonchev–Trinajstić information content (AvgIpc) is 3.24. The van der Waals surface area contributed by atoms with E-state index in [-0.39, 0.29) is 12.5 Å². The molecule has 0 saturated heterocycles. The third-order valence-electron chi connectivity index (χ3n) is 6.01. The highest BCUT2D eigenvalue weighted by atomic mass is 32.1. The number of aryl methyl sites for hydroxylation is 2. The number of hydrogen-bond donors (Lipinski definition) is 2. The standard InChI is InChI=1S/C20H26N4OS/c1-2-6-17-22-23-19(26)24(17)13-18(25)21-12-15-11-20(15)10-5-8-14-7-3-4-9-16(14)20/h3-4,7,9,15H,2,5-6,8,10-13H2,1H3,(H,21,25)(H,23,26)/t15-,20-/m0/s1. The van der Waals surface area contributed by atoms with Crippen LogP contribution in [0.25, 0.3) is 0 Å². The number of nitrogens with zero attached hydrogens (tertiary/aromatic N) is 2. The molecule has 1 spiro atoms. The summed E-state index contributed by atoms with van der Waals surface area (Å²) in [6, 6.07) is 8.84. The molecule has 5 nitrogen and oxygen atoms in total. The number of fused-ring (bicyclic) bond motifs is 2. The van der Waals surface area contributed by atoms with Crippen molar-refractivity contribution in [2.24, 2.45) is 5.92 Å². The van der Waals surface area contributed by atoms with E-state index in [1.54, 1.807) is 0 Å². The van der Waals surface area contributed by atoms with Gasteiger partial charge in [-0.3, -0.25) is 14.5 Å². The van der Waals surface area contributed by atoms with Gasteiger partial charge < -0.3 is 5.32 Å². The van der Waals surface area contributed by atoms with Crippen molar-refractivity contribution < 1.29 is 4.79 Å². The molecule has 0 radical (unpaired) electrons. The molecule has 1 heterocycles. The van der Waals surface area contributed by atoms with Crippen LogP contribution in [0.5, 0.6) is 0 Å². The second-order valence-electron chi connectivity index (χ2n) is 7.65. The number of H-pyrrole nitrogens is 1. The highest BCUT2D eigenvalue weighted by Gasteiger charge is 2.56. The fraction of sp³-hybridized carbons (Fsp3) is 0.550. The van der Waals surface area contributed by atoms with E-state index < -0.39 is 0 Å². The SMILES string of the molecule is CCCc1n[nH]c(=S)n1CC(=O)NC[C@@H]1C[C@@]12CCCc1ccccc12. The first-order chi connectivity index (χ1) is 12.6. The Morgan fingerprint density at radius 1 is 1.46 bits per heavy atom. The summed E-state index contributed by atoms with van der Waals surface area (Å²) in [6.07, 6.45) is 6.69.